The molecule has 3 rings (SSSR count). The number of esters is 1. The Bertz CT molecular complexity index is 855. The van der Waals surface area contributed by atoms with Gasteiger partial charge in [0.05, 0.1) is 0 Å². The molecule has 120 valence electrons. The predicted molar refractivity (Wildman–Crippen MR) is 89.1 cm³/mol. The van der Waals surface area contributed by atoms with Crippen LogP contribution in [-0.4, -0.2) is 18.5 Å². The molecule has 4 nitrogen and oxygen atoms in total. The fraction of sp³-hybridized carbons (Fsp3) is 0.0526. The molecule has 0 fully saturated rings. The van der Waals surface area contributed by atoms with Crippen LogP contribution < -0.4 is 4.74 Å². The van der Waals surface area contributed by atoms with Crippen LogP contribution in [0, 0.1) is 5.82 Å². The molecule has 1 aliphatic heterocycles. The van der Waals surface area contributed by atoms with Gasteiger partial charge in [0.1, 0.15) is 18.2 Å². The van der Waals surface area contributed by atoms with Gasteiger partial charge in [0, 0.05) is 11.1 Å². The lowest BCUT2D eigenvalue weighted by Gasteiger charge is -2.06. The third-order valence-electron chi connectivity index (χ3n) is 3.26. The van der Waals surface area contributed by atoms with E-state index in [1.54, 1.807) is 30.4 Å². The summed E-state index contributed by atoms with van der Waals surface area (Å²) in [5, 5.41) is 0. The van der Waals surface area contributed by atoms with E-state index >= 15 is 0 Å². The van der Waals surface area contributed by atoms with Gasteiger partial charge >= 0.3 is 5.97 Å². The van der Waals surface area contributed by atoms with E-state index in [1.807, 2.05) is 12.1 Å². The van der Waals surface area contributed by atoms with Crippen LogP contribution in [0.3, 0.4) is 0 Å². The number of cyclic esters (lactones) is 1. The largest absolute Gasteiger partial charge is 0.489 e. The first-order valence-electron chi connectivity index (χ1n) is 7.28. The molecule has 2 aromatic rings. The van der Waals surface area contributed by atoms with Crippen LogP contribution in [0.2, 0.25) is 0 Å². The molecule has 1 aliphatic rings. The molecule has 0 unspecified atom stereocenters. The number of ether oxygens (including phenoxy) is 2. The number of halogens is 1. The Hall–Kier alpha value is -3.21. The van der Waals surface area contributed by atoms with Gasteiger partial charge in [-0.3, -0.25) is 0 Å². The zero-order chi connectivity index (χ0) is 16.9. The van der Waals surface area contributed by atoms with Gasteiger partial charge in [-0.05, 0) is 30.3 Å². The van der Waals surface area contributed by atoms with Gasteiger partial charge in [0.15, 0.2) is 5.70 Å². The molecular weight excluding hydrogens is 309 g/mol. The van der Waals surface area contributed by atoms with Crippen molar-refractivity contribution in [3.63, 3.8) is 0 Å². The van der Waals surface area contributed by atoms with Crippen molar-refractivity contribution < 1.29 is 18.7 Å². The fourth-order valence-corrected chi connectivity index (χ4v) is 2.18. The maximum absolute atomic E-state index is 13.3. The molecule has 5 heteroatoms. The highest BCUT2D eigenvalue weighted by atomic mass is 19.1. The smallest absolute Gasteiger partial charge is 0.363 e. The molecule has 0 bridgehead atoms. The average Bonchev–Trinajstić information content (AvgIpc) is 2.95. The first-order valence-corrected chi connectivity index (χ1v) is 7.28. The summed E-state index contributed by atoms with van der Waals surface area (Å²) in [4.78, 5) is 16.2. The van der Waals surface area contributed by atoms with Gasteiger partial charge in [-0.2, -0.15) is 0 Å². The minimum atomic E-state index is -0.590. The van der Waals surface area contributed by atoms with Crippen molar-refractivity contribution in [3.05, 3.63) is 83.8 Å². The van der Waals surface area contributed by atoms with Crippen LogP contribution in [0.1, 0.15) is 11.1 Å². The van der Waals surface area contributed by atoms with Crippen LogP contribution in [-0.2, 0) is 9.53 Å². The van der Waals surface area contributed by atoms with Crippen LogP contribution in [0.4, 0.5) is 4.39 Å². The van der Waals surface area contributed by atoms with E-state index < -0.39 is 11.8 Å². The number of para-hydroxylation sites is 1. The van der Waals surface area contributed by atoms with Crippen molar-refractivity contribution in [1.29, 1.82) is 0 Å². The molecule has 24 heavy (non-hydrogen) atoms. The third kappa shape index (κ3) is 3.41. The van der Waals surface area contributed by atoms with Crippen molar-refractivity contribution in [1.82, 2.24) is 0 Å². The molecule has 0 atom stereocenters. The summed E-state index contributed by atoms with van der Waals surface area (Å²) in [5.74, 6) is -0.331. The van der Waals surface area contributed by atoms with Gasteiger partial charge in [-0.15, -0.1) is 0 Å². The normalized spacial score (nSPS) is 15.1. The van der Waals surface area contributed by atoms with Gasteiger partial charge < -0.3 is 9.47 Å². The van der Waals surface area contributed by atoms with E-state index in [4.69, 9.17) is 9.47 Å². The second kappa shape index (κ2) is 6.91. The monoisotopic (exact) mass is 323 g/mol. The van der Waals surface area contributed by atoms with E-state index in [1.165, 1.54) is 18.2 Å². The first-order chi connectivity index (χ1) is 11.7. The Kier molecular flexibility index (Phi) is 4.52. The Labute approximate surface area is 138 Å². The summed E-state index contributed by atoms with van der Waals surface area (Å²) in [6.07, 6.45) is 3.21. The van der Waals surface area contributed by atoms with Gasteiger partial charge in [0.25, 0.3) is 0 Å². The molecule has 1 heterocycles. The van der Waals surface area contributed by atoms with E-state index in [9.17, 15) is 9.18 Å². The summed E-state index contributed by atoms with van der Waals surface area (Å²) < 4.78 is 24.0. The lowest BCUT2D eigenvalue weighted by atomic mass is 10.1. The summed E-state index contributed by atoms with van der Waals surface area (Å²) >= 11 is 0. The standard InChI is InChI=1S/C19H14FNO3/c1-2-10-23-17-9-4-3-6-13(17)12-16-19(22)24-18(21-16)14-7-5-8-15(20)11-14/h2-9,11-12H,1,10H2/b16-12-. The summed E-state index contributed by atoms with van der Waals surface area (Å²) in [6, 6.07) is 13.0. The number of benzene rings is 2. The number of rotatable bonds is 5. The molecule has 2 aromatic carbocycles. The van der Waals surface area contributed by atoms with Crippen LogP contribution in [0.15, 0.2) is 71.9 Å². The minimum absolute atomic E-state index is 0.0789. The Morgan fingerprint density at radius 1 is 1.21 bits per heavy atom. The van der Waals surface area contributed by atoms with Crippen LogP contribution in [0.25, 0.3) is 6.08 Å². The molecule has 0 N–H and O–H groups in total. The maximum Gasteiger partial charge on any atom is 0.363 e. The zero-order valence-corrected chi connectivity index (χ0v) is 12.7. The van der Waals surface area contributed by atoms with Crippen molar-refractivity contribution in [3.8, 4) is 5.75 Å². The van der Waals surface area contributed by atoms with E-state index in [2.05, 4.69) is 11.6 Å². The molecule has 0 radical (unpaired) electrons. The van der Waals surface area contributed by atoms with Crippen molar-refractivity contribution in [2.45, 2.75) is 0 Å². The van der Waals surface area contributed by atoms with Crippen LogP contribution >= 0.6 is 0 Å². The number of aliphatic imine (C=N–C) groups is 1. The summed E-state index contributed by atoms with van der Waals surface area (Å²) in [6.45, 7) is 3.95. The predicted octanol–water partition coefficient (Wildman–Crippen LogP) is 3.74. The fourth-order valence-electron chi connectivity index (χ4n) is 2.18. The lowest BCUT2D eigenvalue weighted by Crippen LogP contribution is -2.05. The highest BCUT2D eigenvalue weighted by Gasteiger charge is 2.24. The van der Waals surface area contributed by atoms with Crippen molar-refractivity contribution in [2.24, 2.45) is 4.99 Å². The first kappa shape index (κ1) is 15.7. The van der Waals surface area contributed by atoms with Crippen molar-refractivity contribution >= 4 is 17.9 Å². The minimum Gasteiger partial charge on any atom is -0.489 e. The quantitative estimate of drug-likeness (QED) is 0.478. The molecular formula is C19H14FNO3. The maximum atomic E-state index is 13.3. The lowest BCUT2D eigenvalue weighted by molar-refractivity contribution is -0.129. The van der Waals surface area contributed by atoms with Crippen LogP contribution in [0.5, 0.6) is 5.75 Å². The number of nitrogens with zero attached hydrogens (tertiary/aromatic N) is 1. The molecule has 0 aromatic heterocycles. The van der Waals surface area contributed by atoms with Gasteiger partial charge in [-0.25, -0.2) is 14.2 Å². The molecule has 0 amide bonds. The zero-order valence-electron chi connectivity index (χ0n) is 12.7. The van der Waals surface area contributed by atoms with Gasteiger partial charge in [-0.1, -0.05) is 36.9 Å². The number of carbonyl (C=O) groups excluding carboxylic acids is 1. The summed E-state index contributed by atoms with van der Waals surface area (Å²) in [7, 11) is 0. The Morgan fingerprint density at radius 3 is 2.83 bits per heavy atom. The van der Waals surface area contributed by atoms with Crippen molar-refractivity contribution in [2.75, 3.05) is 6.61 Å². The molecule has 0 spiro atoms. The number of hydrogen-bond acceptors (Lipinski definition) is 4. The SMILES string of the molecule is C=CCOc1ccccc1/C=C1\N=C(c2cccc(F)c2)OC1=O. The highest BCUT2D eigenvalue weighted by Crippen LogP contribution is 2.24. The highest BCUT2D eigenvalue weighted by molar-refractivity contribution is 6.12. The number of hydrogen-bond donors (Lipinski definition) is 0. The molecule has 0 saturated heterocycles. The third-order valence-corrected chi connectivity index (χ3v) is 3.26. The van der Waals surface area contributed by atoms with Gasteiger partial charge in [0.2, 0.25) is 5.90 Å². The Balaban J connectivity index is 1.93. The van der Waals surface area contributed by atoms with E-state index in [0.29, 0.717) is 23.5 Å². The number of carbonyl (C=O) groups is 1. The average molecular weight is 323 g/mol. The molecule has 0 saturated carbocycles. The second-order valence-electron chi connectivity index (χ2n) is 4.98. The van der Waals surface area contributed by atoms with E-state index in [0.717, 1.165) is 0 Å². The summed E-state index contributed by atoms with van der Waals surface area (Å²) in [5.41, 5.74) is 1.22. The second-order valence-corrected chi connectivity index (χ2v) is 4.98. The topological polar surface area (TPSA) is 47.9 Å². The Morgan fingerprint density at radius 2 is 2.04 bits per heavy atom. The molecule has 0 aliphatic carbocycles. The van der Waals surface area contributed by atoms with E-state index in [-0.39, 0.29) is 11.6 Å².